The van der Waals surface area contributed by atoms with Crippen LogP contribution in [0.15, 0.2) is 0 Å². The molecular weight excluding hydrogens is 206 g/mol. The van der Waals surface area contributed by atoms with Crippen molar-refractivity contribution in [3.05, 3.63) is 17.1 Å². The highest BCUT2D eigenvalue weighted by Crippen LogP contribution is 2.16. The summed E-state index contributed by atoms with van der Waals surface area (Å²) in [5, 5.41) is 4.27. The van der Waals surface area contributed by atoms with Gasteiger partial charge in [-0.3, -0.25) is 4.79 Å². The van der Waals surface area contributed by atoms with E-state index in [0.29, 0.717) is 28.7 Å². The topological polar surface area (TPSA) is 63.4 Å². The molecule has 6 nitrogen and oxygen atoms in total. The summed E-state index contributed by atoms with van der Waals surface area (Å²) in [7, 11) is 3.75. The molecule has 84 valence electrons. The Kier molecular flexibility index (Phi) is 2.34. The number of carbonyl (C=O) groups is 1. The zero-order valence-electron chi connectivity index (χ0n) is 9.72. The van der Waals surface area contributed by atoms with E-state index in [-0.39, 0.29) is 0 Å². The number of aldehydes is 1. The first-order chi connectivity index (χ1) is 7.54. The lowest BCUT2D eigenvalue weighted by atomic mass is 10.3. The predicted molar refractivity (Wildman–Crippen MR) is 60.0 cm³/mol. The second-order valence-corrected chi connectivity index (χ2v) is 3.82. The molecule has 0 aromatic carbocycles. The Bertz CT molecular complexity index is 558. The third-order valence-corrected chi connectivity index (χ3v) is 2.32. The van der Waals surface area contributed by atoms with E-state index in [1.54, 1.807) is 18.4 Å². The van der Waals surface area contributed by atoms with Gasteiger partial charge in [0.05, 0.1) is 11.3 Å². The van der Waals surface area contributed by atoms with Crippen LogP contribution in [0.1, 0.15) is 21.9 Å². The first-order valence-electron chi connectivity index (χ1n) is 4.91. The maximum absolute atomic E-state index is 11.0. The first-order valence-corrected chi connectivity index (χ1v) is 4.91. The van der Waals surface area contributed by atoms with Gasteiger partial charge >= 0.3 is 0 Å². The van der Waals surface area contributed by atoms with E-state index in [0.717, 1.165) is 6.29 Å². The minimum Gasteiger partial charge on any atom is -0.347 e. The summed E-state index contributed by atoms with van der Waals surface area (Å²) in [4.78, 5) is 21.3. The minimum atomic E-state index is 0.522. The molecule has 0 radical (unpaired) electrons. The molecule has 0 aliphatic rings. The molecule has 0 unspecified atom stereocenters. The third kappa shape index (κ3) is 1.42. The monoisotopic (exact) mass is 219 g/mol. The molecule has 0 saturated carbocycles. The standard InChI is InChI=1S/C10H13N5O/c1-6-8(5-16)9-11-7(2)12-10(14(3)4)15(9)13-6/h5H,1-4H3. The molecular formula is C10H13N5O. The molecule has 16 heavy (non-hydrogen) atoms. The maximum atomic E-state index is 11.0. The van der Waals surface area contributed by atoms with Gasteiger partial charge in [-0.15, -0.1) is 0 Å². The van der Waals surface area contributed by atoms with Crippen LogP contribution >= 0.6 is 0 Å². The lowest BCUT2D eigenvalue weighted by Crippen LogP contribution is -2.17. The Hall–Kier alpha value is -1.98. The van der Waals surface area contributed by atoms with Crippen LogP contribution in [0, 0.1) is 13.8 Å². The number of carbonyl (C=O) groups excluding carboxylic acids is 1. The Morgan fingerprint density at radius 3 is 2.50 bits per heavy atom. The van der Waals surface area contributed by atoms with Crippen LogP contribution in [0.4, 0.5) is 5.95 Å². The summed E-state index contributed by atoms with van der Waals surface area (Å²) >= 11 is 0. The van der Waals surface area contributed by atoms with Gasteiger partial charge in [0.25, 0.3) is 0 Å². The van der Waals surface area contributed by atoms with Gasteiger partial charge in [0.15, 0.2) is 11.9 Å². The molecule has 0 spiro atoms. The van der Waals surface area contributed by atoms with Gasteiger partial charge < -0.3 is 4.90 Å². The zero-order valence-corrected chi connectivity index (χ0v) is 9.72. The molecule has 0 N–H and O–H groups in total. The Balaban J connectivity index is 2.88. The average molecular weight is 219 g/mol. The van der Waals surface area contributed by atoms with Crippen molar-refractivity contribution in [1.29, 1.82) is 0 Å². The fourth-order valence-electron chi connectivity index (χ4n) is 1.57. The van der Waals surface area contributed by atoms with E-state index >= 15 is 0 Å². The summed E-state index contributed by atoms with van der Waals surface area (Å²) in [6.45, 7) is 3.58. The van der Waals surface area contributed by atoms with E-state index in [1.807, 2.05) is 19.0 Å². The lowest BCUT2D eigenvalue weighted by Gasteiger charge is -2.12. The van der Waals surface area contributed by atoms with Gasteiger partial charge in [-0.25, -0.2) is 4.98 Å². The lowest BCUT2D eigenvalue weighted by molar-refractivity contribution is 0.112. The molecule has 6 heteroatoms. The molecule has 0 saturated heterocycles. The van der Waals surface area contributed by atoms with Crippen LogP contribution in [0.5, 0.6) is 0 Å². The fourth-order valence-corrected chi connectivity index (χ4v) is 1.57. The normalized spacial score (nSPS) is 10.8. The molecule has 2 heterocycles. The van der Waals surface area contributed by atoms with Crippen molar-refractivity contribution in [3.63, 3.8) is 0 Å². The zero-order chi connectivity index (χ0) is 11.9. The molecule has 0 bridgehead atoms. The number of aromatic nitrogens is 4. The highest BCUT2D eigenvalue weighted by molar-refractivity contribution is 5.86. The van der Waals surface area contributed by atoms with Crippen LogP contribution in [0.25, 0.3) is 5.65 Å². The number of hydrogen-bond acceptors (Lipinski definition) is 5. The number of fused-ring (bicyclic) bond motifs is 1. The van der Waals surface area contributed by atoms with E-state index in [4.69, 9.17) is 0 Å². The number of nitrogens with zero attached hydrogens (tertiary/aromatic N) is 5. The smallest absolute Gasteiger partial charge is 0.229 e. The summed E-state index contributed by atoms with van der Waals surface area (Å²) in [5.74, 6) is 1.29. The van der Waals surface area contributed by atoms with Gasteiger partial charge in [0.2, 0.25) is 5.95 Å². The second kappa shape index (κ2) is 3.55. The number of aryl methyl sites for hydroxylation is 2. The predicted octanol–water partition coefficient (Wildman–Crippen LogP) is 0.620. The molecule has 0 fully saturated rings. The molecule has 2 aromatic rings. The van der Waals surface area contributed by atoms with E-state index in [9.17, 15) is 4.79 Å². The molecule has 2 aromatic heterocycles. The fraction of sp³-hybridized carbons (Fsp3) is 0.400. The van der Waals surface area contributed by atoms with Crippen LogP contribution in [-0.2, 0) is 0 Å². The number of anilines is 1. The van der Waals surface area contributed by atoms with Crippen molar-refractivity contribution in [1.82, 2.24) is 19.6 Å². The van der Waals surface area contributed by atoms with Crippen LogP contribution < -0.4 is 4.90 Å². The highest BCUT2D eigenvalue weighted by Gasteiger charge is 2.15. The molecule has 2 rings (SSSR count). The van der Waals surface area contributed by atoms with Gasteiger partial charge in [-0.2, -0.15) is 14.6 Å². The van der Waals surface area contributed by atoms with Crippen LogP contribution in [0.3, 0.4) is 0 Å². The summed E-state index contributed by atoms with van der Waals surface area (Å²) in [5.41, 5.74) is 1.75. The minimum absolute atomic E-state index is 0.522. The summed E-state index contributed by atoms with van der Waals surface area (Å²) in [6, 6.07) is 0. The van der Waals surface area contributed by atoms with Crippen molar-refractivity contribution in [2.24, 2.45) is 0 Å². The van der Waals surface area contributed by atoms with E-state index in [1.165, 1.54) is 0 Å². The summed E-state index contributed by atoms with van der Waals surface area (Å²) < 4.78 is 1.59. The van der Waals surface area contributed by atoms with Crippen molar-refractivity contribution in [2.75, 3.05) is 19.0 Å². The number of rotatable bonds is 2. The summed E-state index contributed by atoms with van der Waals surface area (Å²) in [6.07, 6.45) is 0.781. The third-order valence-electron chi connectivity index (χ3n) is 2.32. The average Bonchev–Trinajstić information content (AvgIpc) is 2.52. The molecule has 0 amide bonds. The Morgan fingerprint density at radius 2 is 1.94 bits per heavy atom. The van der Waals surface area contributed by atoms with Gasteiger partial charge in [-0.1, -0.05) is 0 Å². The van der Waals surface area contributed by atoms with Gasteiger partial charge in [0.1, 0.15) is 5.82 Å². The van der Waals surface area contributed by atoms with Crippen molar-refractivity contribution < 1.29 is 4.79 Å². The second-order valence-electron chi connectivity index (χ2n) is 3.82. The van der Waals surface area contributed by atoms with Crippen LogP contribution in [-0.4, -0.2) is 40.0 Å². The number of hydrogen-bond donors (Lipinski definition) is 0. The quantitative estimate of drug-likeness (QED) is 0.693. The SMILES string of the molecule is Cc1nc(N(C)C)n2nc(C)c(C=O)c2n1. The largest absolute Gasteiger partial charge is 0.347 e. The van der Waals surface area contributed by atoms with Gasteiger partial charge in [-0.05, 0) is 13.8 Å². The molecule has 0 aliphatic heterocycles. The molecule has 0 atom stereocenters. The van der Waals surface area contributed by atoms with E-state index < -0.39 is 0 Å². The van der Waals surface area contributed by atoms with E-state index in [2.05, 4.69) is 15.1 Å². The van der Waals surface area contributed by atoms with Crippen molar-refractivity contribution in [3.8, 4) is 0 Å². The van der Waals surface area contributed by atoms with Crippen molar-refractivity contribution in [2.45, 2.75) is 13.8 Å². The Labute approximate surface area is 92.9 Å². The van der Waals surface area contributed by atoms with Crippen LogP contribution in [0.2, 0.25) is 0 Å². The van der Waals surface area contributed by atoms with Gasteiger partial charge in [0, 0.05) is 14.1 Å². The van der Waals surface area contributed by atoms with Crippen molar-refractivity contribution >= 4 is 17.9 Å². The highest BCUT2D eigenvalue weighted by atomic mass is 16.1. The first kappa shape index (κ1) is 10.5. The maximum Gasteiger partial charge on any atom is 0.229 e. The molecule has 0 aliphatic carbocycles. The Morgan fingerprint density at radius 1 is 1.25 bits per heavy atom.